The van der Waals surface area contributed by atoms with Gasteiger partial charge in [-0.15, -0.1) is 0 Å². The Hall–Kier alpha value is -1.58. The molecule has 2 atom stereocenters. The van der Waals surface area contributed by atoms with Gasteiger partial charge in [0.1, 0.15) is 5.82 Å². The summed E-state index contributed by atoms with van der Waals surface area (Å²) in [6.45, 7) is 8.49. The number of halogens is 1. The molecule has 1 aromatic rings. The number of benzene rings is 1. The Bertz CT molecular complexity index is 479. The van der Waals surface area contributed by atoms with Crippen LogP contribution in [0.5, 0.6) is 0 Å². The largest absolute Gasteiger partial charge is 0.382 e. The van der Waals surface area contributed by atoms with E-state index in [2.05, 4.69) is 19.2 Å². The number of likely N-dealkylation sites (tertiary alicyclic amines) is 1. The summed E-state index contributed by atoms with van der Waals surface area (Å²) in [5.74, 6) is 0.572. The SMILES string of the molecule is CCCNc1c(F)cccc1C(=O)N1CC(C)C(C)C1. The van der Waals surface area contributed by atoms with Gasteiger partial charge in [0, 0.05) is 19.6 Å². The highest BCUT2D eigenvalue weighted by atomic mass is 19.1. The highest BCUT2D eigenvalue weighted by molar-refractivity contribution is 5.99. The van der Waals surface area contributed by atoms with Crippen LogP contribution in [0.4, 0.5) is 10.1 Å². The zero-order chi connectivity index (χ0) is 14.7. The average molecular weight is 278 g/mol. The normalized spacial score (nSPS) is 22.1. The average Bonchev–Trinajstić information content (AvgIpc) is 2.76. The zero-order valence-electron chi connectivity index (χ0n) is 12.4. The minimum atomic E-state index is -0.357. The van der Waals surface area contributed by atoms with Gasteiger partial charge in [0.25, 0.3) is 5.91 Å². The number of rotatable bonds is 4. The van der Waals surface area contributed by atoms with Crippen molar-refractivity contribution < 1.29 is 9.18 Å². The minimum Gasteiger partial charge on any atom is -0.382 e. The number of carbonyl (C=O) groups is 1. The third kappa shape index (κ3) is 2.94. The first-order valence-electron chi connectivity index (χ1n) is 7.36. The third-order valence-corrected chi connectivity index (χ3v) is 4.07. The van der Waals surface area contributed by atoms with E-state index in [9.17, 15) is 9.18 Å². The summed E-state index contributed by atoms with van der Waals surface area (Å²) in [6, 6.07) is 4.70. The standard InChI is InChI=1S/C16H23FN2O/c1-4-8-18-15-13(6-5-7-14(15)17)16(20)19-9-11(2)12(3)10-19/h5-7,11-12,18H,4,8-10H2,1-3H3. The number of anilines is 1. The van der Waals surface area contributed by atoms with Crippen molar-refractivity contribution in [2.45, 2.75) is 27.2 Å². The summed E-state index contributed by atoms with van der Waals surface area (Å²) in [4.78, 5) is 14.4. The van der Waals surface area contributed by atoms with Crippen molar-refractivity contribution in [2.75, 3.05) is 25.0 Å². The lowest BCUT2D eigenvalue weighted by atomic mass is 10.0. The van der Waals surface area contributed by atoms with Crippen molar-refractivity contribution in [3.8, 4) is 0 Å². The first-order chi connectivity index (χ1) is 9.54. The molecule has 110 valence electrons. The van der Waals surface area contributed by atoms with E-state index in [0.717, 1.165) is 19.5 Å². The zero-order valence-corrected chi connectivity index (χ0v) is 12.4. The molecule has 4 heteroatoms. The number of hydrogen-bond acceptors (Lipinski definition) is 2. The van der Waals surface area contributed by atoms with Crippen LogP contribution in [0.3, 0.4) is 0 Å². The van der Waals surface area contributed by atoms with E-state index in [4.69, 9.17) is 0 Å². The predicted octanol–water partition coefficient (Wildman–Crippen LogP) is 3.38. The van der Waals surface area contributed by atoms with E-state index in [0.29, 0.717) is 29.6 Å². The van der Waals surface area contributed by atoms with Crippen LogP contribution in [0.25, 0.3) is 0 Å². The van der Waals surface area contributed by atoms with E-state index >= 15 is 0 Å². The maximum absolute atomic E-state index is 13.9. The molecule has 0 radical (unpaired) electrons. The Labute approximate surface area is 120 Å². The van der Waals surface area contributed by atoms with Gasteiger partial charge < -0.3 is 10.2 Å². The van der Waals surface area contributed by atoms with Crippen LogP contribution in [-0.4, -0.2) is 30.4 Å². The van der Waals surface area contributed by atoms with Gasteiger partial charge in [-0.1, -0.05) is 26.8 Å². The predicted molar refractivity (Wildman–Crippen MR) is 79.4 cm³/mol. The molecule has 1 aliphatic heterocycles. The molecule has 1 aliphatic rings. The summed E-state index contributed by atoms with van der Waals surface area (Å²) in [5, 5.41) is 3.04. The second-order valence-electron chi connectivity index (χ2n) is 5.75. The summed E-state index contributed by atoms with van der Waals surface area (Å²) < 4.78 is 13.9. The molecule has 1 N–H and O–H groups in total. The fourth-order valence-corrected chi connectivity index (χ4v) is 2.60. The van der Waals surface area contributed by atoms with Crippen LogP contribution < -0.4 is 5.32 Å². The molecule has 0 spiro atoms. The summed E-state index contributed by atoms with van der Waals surface area (Å²) in [6.07, 6.45) is 0.889. The van der Waals surface area contributed by atoms with Crippen molar-refractivity contribution in [1.82, 2.24) is 4.90 Å². The fraction of sp³-hybridized carbons (Fsp3) is 0.562. The highest BCUT2D eigenvalue weighted by Crippen LogP contribution is 2.27. The first kappa shape index (κ1) is 14.8. The number of carbonyl (C=O) groups excluding carboxylic acids is 1. The minimum absolute atomic E-state index is 0.0701. The number of para-hydroxylation sites is 1. The van der Waals surface area contributed by atoms with Crippen molar-refractivity contribution >= 4 is 11.6 Å². The lowest BCUT2D eigenvalue weighted by Gasteiger charge is -2.19. The first-order valence-corrected chi connectivity index (χ1v) is 7.36. The van der Waals surface area contributed by atoms with Crippen LogP contribution in [0.1, 0.15) is 37.6 Å². The smallest absolute Gasteiger partial charge is 0.256 e. The lowest BCUT2D eigenvalue weighted by molar-refractivity contribution is 0.0785. The maximum atomic E-state index is 13.9. The third-order valence-electron chi connectivity index (χ3n) is 4.07. The van der Waals surface area contributed by atoms with Crippen LogP contribution in [0.2, 0.25) is 0 Å². The molecule has 0 saturated carbocycles. The quantitative estimate of drug-likeness (QED) is 0.915. The van der Waals surface area contributed by atoms with Gasteiger partial charge in [-0.3, -0.25) is 4.79 Å². The summed E-state index contributed by atoms with van der Waals surface area (Å²) in [5.41, 5.74) is 0.784. The second kappa shape index (κ2) is 6.25. The molecule has 0 aliphatic carbocycles. The Morgan fingerprint density at radius 1 is 1.35 bits per heavy atom. The van der Waals surface area contributed by atoms with Gasteiger partial charge in [-0.05, 0) is 30.4 Å². The van der Waals surface area contributed by atoms with Gasteiger partial charge in [0.2, 0.25) is 0 Å². The topological polar surface area (TPSA) is 32.3 Å². The van der Waals surface area contributed by atoms with E-state index in [-0.39, 0.29) is 11.7 Å². The summed E-state index contributed by atoms with van der Waals surface area (Å²) >= 11 is 0. The van der Waals surface area contributed by atoms with Gasteiger partial charge in [0.15, 0.2) is 0 Å². The van der Waals surface area contributed by atoms with E-state index in [1.54, 1.807) is 12.1 Å². The Kier molecular flexibility index (Phi) is 4.63. The molecule has 1 amide bonds. The van der Waals surface area contributed by atoms with E-state index in [1.807, 2.05) is 11.8 Å². The van der Waals surface area contributed by atoms with Gasteiger partial charge in [0.05, 0.1) is 11.3 Å². The number of hydrogen-bond donors (Lipinski definition) is 1. The van der Waals surface area contributed by atoms with Crippen LogP contribution in [0, 0.1) is 17.7 Å². The number of nitrogens with one attached hydrogen (secondary N) is 1. The molecule has 3 nitrogen and oxygen atoms in total. The number of nitrogens with zero attached hydrogens (tertiary/aromatic N) is 1. The van der Waals surface area contributed by atoms with E-state index in [1.165, 1.54) is 6.07 Å². The molecular formula is C16H23FN2O. The van der Waals surface area contributed by atoms with Crippen LogP contribution in [-0.2, 0) is 0 Å². The highest BCUT2D eigenvalue weighted by Gasteiger charge is 2.31. The van der Waals surface area contributed by atoms with Gasteiger partial charge >= 0.3 is 0 Å². The Balaban J connectivity index is 2.23. The van der Waals surface area contributed by atoms with Crippen LogP contribution >= 0.6 is 0 Å². The van der Waals surface area contributed by atoms with E-state index < -0.39 is 0 Å². The number of amides is 1. The molecule has 1 fully saturated rings. The molecule has 1 heterocycles. The van der Waals surface area contributed by atoms with Crippen molar-refractivity contribution in [3.05, 3.63) is 29.6 Å². The lowest BCUT2D eigenvalue weighted by Crippen LogP contribution is -2.29. The summed E-state index contributed by atoms with van der Waals surface area (Å²) in [7, 11) is 0. The second-order valence-corrected chi connectivity index (χ2v) is 5.75. The maximum Gasteiger partial charge on any atom is 0.256 e. The van der Waals surface area contributed by atoms with Crippen molar-refractivity contribution in [1.29, 1.82) is 0 Å². The molecule has 1 saturated heterocycles. The molecule has 2 rings (SSSR count). The fourth-order valence-electron chi connectivity index (χ4n) is 2.60. The Morgan fingerprint density at radius 2 is 2.00 bits per heavy atom. The van der Waals surface area contributed by atoms with Crippen molar-refractivity contribution in [3.63, 3.8) is 0 Å². The molecule has 1 aromatic carbocycles. The Morgan fingerprint density at radius 3 is 2.60 bits per heavy atom. The molecule has 0 aromatic heterocycles. The van der Waals surface area contributed by atoms with Gasteiger partial charge in [-0.2, -0.15) is 0 Å². The molecule has 20 heavy (non-hydrogen) atoms. The van der Waals surface area contributed by atoms with Crippen LogP contribution in [0.15, 0.2) is 18.2 Å². The molecular weight excluding hydrogens is 255 g/mol. The molecule has 2 unspecified atom stereocenters. The van der Waals surface area contributed by atoms with Gasteiger partial charge in [-0.25, -0.2) is 4.39 Å². The van der Waals surface area contributed by atoms with Crippen molar-refractivity contribution in [2.24, 2.45) is 11.8 Å². The molecule has 0 bridgehead atoms. The monoisotopic (exact) mass is 278 g/mol.